The molecule has 0 bridgehead atoms. The highest BCUT2D eigenvalue weighted by atomic mass is 79.9. The number of halogens is 1. The van der Waals surface area contributed by atoms with Gasteiger partial charge in [-0.15, -0.1) is 0 Å². The lowest BCUT2D eigenvalue weighted by atomic mass is 10.2. The van der Waals surface area contributed by atoms with Crippen LogP contribution in [0.5, 0.6) is 0 Å². The van der Waals surface area contributed by atoms with Crippen molar-refractivity contribution in [2.75, 3.05) is 5.32 Å². The van der Waals surface area contributed by atoms with Crippen LogP contribution in [0.1, 0.15) is 13.8 Å². The molecule has 3 nitrogen and oxygen atoms in total. The Labute approximate surface area is 97.0 Å². The maximum Gasteiger partial charge on any atom is 0.0951 e. The molecule has 1 aromatic carbocycles. The Morgan fingerprint density at radius 1 is 1.33 bits per heavy atom. The van der Waals surface area contributed by atoms with Gasteiger partial charge < -0.3 is 5.32 Å². The van der Waals surface area contributed by atoms with Crippen LogP contribution in [0.15, 0.2) is 28.9 Å². The van der Waals surface area contributed by atoms with Crippen LogP contribution in [0.3, 0.4) is 0 Å². The van der Waals surface area contributed by atoms with Gasteiger partial charge in [-0.25, -0.2) is 0 Å². The average Bonchev–Trinajstić information content (AvgIpc) is 2.18. The van der Waals surface area contributed by atoms with Crippen LogP contribution < -0.4 is 5.32 Å². The first-order valence-electron chi connectivity index (χ1n) is 4.84. The first-order chi connectivity index (χ1) is 7.16. The molecule has 0 saturated carbocycles. The van der Waals surface area contributed by atoms with Crippen LogP contribution in [-0.4, -0.2) is 16.2 Å². The van der Waals surface area contributed by atoms with E-state index in [0.717, 1.165) is 21.1 Å². The van der Waals surface area contributed by atoms with E-state index in [1.54, 1.807) is 6.20 Å². The molecule has 0 fully saturated rings. The van der Waals surface area contributed by atoms with Gasteiger partial charge in [0.05, 0.1) is 17.4 Å². The van der Waals surface area contributed by atoms with Gasteiger partial charge in [0.2, 0.25) is 0 Å². The third kappa shape index (κ3) is 2.26. The fraction of sp³-hybridized carbons (Fsp3) is 0.273. The zero-order valence-corrected chi connectivity index (χ0v) is 10.2. The Kier molecular flexibility index (Phi) is 2.86. The van der Waals surface area contributed by atoms with Crippen LogP contribution in [0.2, 0.25) is 0 Å². The van der Waals surface area contributed by atoms with Crippen molar-refractivity contribution in [3.8, 4) is 0 Å². The lowest BCUT2D eigenvalue weighted by molar-refractivity contribution is 0.897. The van der Waals surface area contributed by atoms with E-state index in [-0.39, 0.29) is 0 Å². The van der Waals surface area contributed by atoms with E-state index >= 15 is 0 Å². The van der Waals surface area contributed by atoms with E-state index in [1.165, 1.54) is 0 Å². The number of anilines is 1. The number of hydrogen-bond donors (Lipinski definition) is 1. The second kappa shape index (κ2) is 4.14. The van der Waals surface area contributed by atoms with Crippen LogP contribution in [0, 0.1) is 0 Å². The molecule has 0 atom stereocenters. The predicted molar refractivity (Wildman–Crippen MR) is 66.0 cm³/mol. The maximum atomic E-state index is 4.08. The summed E-state index contributed by atoms with van der Waals surface area (Å²) in [6.45, 7) is 4.20. The normalized spacial score (nSPS) is 10.9. The highest BCUT2D eigenvalue weighted by molar-refractivity contribution is 9.10. The van der Waals surface area contributed by atoms with Crippen LogP contribution >= 0.6 is 15.9 Å². The van der Waals surface area contributed by atoms with Crippen molar-refractivity contribution in [3.05, 3.63) is 28.9 Å². The van der Waals surface area contributed by atoms with Gasteiger partial charge in [-0.2, -0.15) is 10.2 Å². The average molecular weight is 266 g/mol. The molecule has 1 heterocycles. The number of nitrogens with zero attached hydrogens (tertiary/aromatic N) is 2. The molecule has 0 saturated heterocycles. The van der Waals surface area contributed by atoms with E-state index < -0.39 is 0 Å². The number of rotatable bonds is 2. The summed E-state index contributed by atoms with van der Waals surface area (Å²) < 4.78 is 1.05. The lowest BCUT2D eigenvalue weighted by Gasteiger charge is -2.11. The molecule has 0 aliphatic heterocycles. The standard InChI is InChI=1S/C11H12BrN3/c1-7(2)14-11-6-13-15-10-4-3-8(12)5-9(10)11/h3-7H,1-2H3,(H,14,15). The fourth-order valence-electron chi connectivity index (χ4n) is 1.46. The minimum atomic E-state index is 0.386. The first kappa shape index (κ1) is 10.4. The van der Waals surface area contributed by atoms with Crippen molar-refractivity contribution < 1.29 is 0 Å². The number of fused-ring (bicyclic) bond motifs is 1. The summed E-state index contributed by atoms with van der Waals surface area (Å²) in [6, 6.07) is 6.36. The first-order valence-corrected chi connectivity index (χ1v) is 5.63. The van der Waals surface area contributed by atoms with Gasteiger partial charge in [-0.3, -0.25) is 0 Å². The molecule has 2 rings (SSSR count). The van der Waals surface area contributed by atoms with Crippen molar-refractivity contribution >= 4 is 32.5 Å². The Hall–Kier alpha value is -1.16. The van der Waals surface area contributed by atoms with E-state index in [9.17, 15) is 0 Å². The third-order valence-electron chi connectivity index (χ3n) is 2.05. The maximum absolute atomic E-state index is 4.08. The highest BCUT2D eigenvalue weighted by Crippen LogP contribution is 2.24. The van der Waals surface area contributed by atoms with E-state index in [0.29, 0.717) is 6.04 Å². The zero-order valence-electron chi connectivity index (χ0n) is 8.66. The molecule has 2 aromatic rings. The Balaban J connectivity index is 2.58. The quantitative estimate of drug-likeness (QED) is 0.906. The van der Waals surface area contributed by atoms with Gasteiger partial charge in [-0.05, 0) is 32.0 Å². The molecule has 0 aliphatic carbocycles. The van der Waals surface area contributed by atoms with Crippen LogP contribution in [-0.2, 0) is 0 Å². The minimum Gasteiger partial charge on any atom is -0.381 e. The monoisotopic (exact) mass is 265 g/mol. The highest BCUT2D eigenvalue weighted by Gasteiger charge is 2.04. The molecular formula is C11H12BrN3. The molecule has 0 amide bonds. The SMILES string of the molecule is CC(C)Nc1cnnc2ccc(Br)cc12. The second-order valence-corrected chi connectivity index (χ2v) is 4.63. The van der Waals surface area contributed by atoms with Gasteiger partial charge in [0.1, 0.15) is 0 Å². The molecule has 15 heavy (non-hydrogen) atoms. The van der Waals surface area contributed by atoms with Crippen LogP contribution in [0.25, 0.3) is 10.9 Å². The Morgan fingerprint density at radius 2 is 2.13 bits per heavy atom. The molecule has 78 valence electrons. The molecule has 0 spiro atoms. The fourth-order valence-corrected chi connectivity index (χ4v) is 1.82. The largest absolute Gasteiger partial charge is 0.381 e. The molecule has 0 aliphatic rings. The molecule has 1 N–H and O–H groups in total. The number of benzene rings is 1. The summed E-state index contributed by atoms with van der Waals surface area (Å²) in [7, 11) is 0. The summed E-state index contributed by atoms with van der Waals surface area (Å²) >= 11 is 3.46. The van der Waals surface area contributed by atoms with Crippen molar-refractivity contribution in [2.45, 2.75) is 19.9 Å². The Bertz CT molecular complexity index is 482. The molecular weight excluding hydrogens is 254 g/mol. The van der Waals surface area contributed by atoms with Gasteiger partial charge in [0.15, 0.2) is 0 Å². The number of hydrogen-bond acceptors (Lipinski definition) is 3. The van der Waals surface area contributed by atoms with Gasteiger partial charge in [0.25, 0.3) is 0 Å². The van der Waals surface area contributed by atoms with Gasteiger partial charge in [-0.1, -0.05) is 15.9 Å². The molecule has 1 aromatic heterocycles. The zero-order chi connectivity index (χ0) is 10.8. The lowest BCUT2D eigenvalue weighted by Crippen LogP contribution is -2.10. The number of aromatic nitrogens is 2. The topological polar surface area (TPSA) is 37.8 Å². The van der Waals surface area contributed by atoms with Crippen molar-refractivity contribution in [2.24, 2.45) is 0 Å². The van der Waals surface area contributed by atoms with E-state index in [2.05, 4.69) is 51.4 Å². The van der Waals surface area contributed by atoms with Gasteiger partial charge in [0, 0.05) is 15.9 Å². The third-order valence-corrected chi connectivity index (χ3v) is 2.54. The van der Waals surface area contributed by atoms with Crippen molar-refractivity contribution in [1.29, 1.82) is 0 Å². The van der Waals surface area contributed by atoms with Crippen molar-refractivity contribution in [1.82, 2.24) is 10.2 Å². The smallest absolute Gasteiger partial charge is 0.0951 e. The van der Waals surface area contributed by atoms with Crippen LogP contribution in [0.4, 0.5) is 5.69 Å². The summed E-state index contributed by atoms with van der Waals surface area (Å²) in [6.07, 6.45) is 1.76. The Morgan fingerprint density at radius 3 is 2.87 bits per heavy atom. The van der Waals surface area contributed by atoms with E-state index in [1.807, 2.05) is 12.1 Å². The van der Waals surface area contributed by atoms with Gasteiger partial charge >= 0.3 is 0 Å². The molecule has 4 heteroatoms. The molecule has 0 unspecified atom stereocenters. The summed E-state index contributed by atoms with van der Waals surface area (Å²) in [5.74, 6) is 0. The summed E-state index contributed by atoms with van der Waals surface area (Å²) in [5, 5.41) is 12.5. The summed E-state index contributed by atoms with van der Waals surface area (Å²) in [4.78, 5) is 0. The molecule has 0 radical (unpaired) electrons. The van der Waals surface area contributed by atoms with Crippen molar-refractivity contribution in [3.63, 3.8) is 0 Å². The minimum absolute atomic E-state index is 0.386. The number of nitrogens with one attached hydrogen (secondary N) is 1. The predicted octanol–water partition coefficient (Wildman–Crippen LogP) is 3.21. The van der Waals surface area contributed by atoms with E-state index in [4.69, 9.17) is 0 Å². The summed E-state index contributed by atoms with van der Waals surface area (Å²) in [5.41, 5.74) is 1.93. The second-order valence-electron chi connectivity index (χ2n) is 3.72.